The number of rotatable bonds is 3. The van der Waals surface area contributed by atoms with Crippen LogP contribution in [0.25, 0.3) is 10.1 Å². The number of alkyl halides is 1. The third-order valence-corrected chi connectivity index (χ3v) is 6.25. The molecule has 0 radical (unpaired) electrons. The molecule has 0 bridgehead atoms. The van der Waals surface area contributed by atoms with E-state index < -0.39 is 0 Å². The molecule has 4 heteroatoms. The van der Waals surface area contributed by atoms with E-state index in [9.17, 15) is 0 Å². The molecule has 0 saturated heterocycles. The van der Waals surface area contributed by atoms with Gasteiger partial charge in [-0.25, -0.2) is 0 Å². The molecular formula is C16H11Br2ClS. The number of hydrogen-bond acceptors (Lipinski definition) is 1. The van der Waals surface area contributed by atoms with E-state index in [-0.39, 0.29) is 0 Å². The molecule has 0 aliphatic carbocycles. The second-order valence-electron chi connectivity index (χ2n) is 4.61. The Morgan fingerprint density at radius 2 is 1.95 bits per heavy atom. The fourth-order valence-electron chi connectivity index (χ4n) is 2.27. The lowest BCUT2D eigenvalue weighted by atomic mass is 10.0. The standard InChI is InChI=1S/C16H11Br2ClS/c17-14-6-2-5-12-13(9-20-16(12)14)15(18)8-10-3-1-4-11(19)7-10/h1-7,9,15H,8H2. The molecule has 0 fully saturated rings. The zero-order valence-corrected chi connectivity index (χ0v) is 15.2. The lowest BCUT2D eigenvalue weighted by molar-refractivity contribution is 0.962. The number of halogens is 3. The van der Waals surface area contributed by atoms with E-state index in [0.29, 0.717) is 4.83 Å². The minimum absolute atomic E-state index is 0.295. The zero-order valence-electron chi connectivity index (χ0n) is 10.4. The van der Waals surface area contributed by atoms with Gasteiger partial charge in [0.05, 0.1) is 0 Å². The molecule has 1 heterocycles. The number of benzene rings is 2. The Morgan fingerprint density at radius 1 is 1.15 bits per heavy atom. The summed E-state index contributed by atoms with van der Waals surface area (Å²) in [6, 6.07) is 14.4. The van der Waals surface area contributed by atoms with Gasteiger partial charge in [-0.1, -0.05) is 51.8 Å². The van der Waals surface area contributed by atoms with Gasteiger partial charge in [0.1, 0.15) is 0 Å². The molecule has 0 aliphatic heterocycles. The van der Waals surface area contributed by atoms with E-state index in [1.165, 1.54) is 21.2 Å². The molecule has 1 atom stereocenters. The first-order chi connectivity index (χ1) is 9.65. The molecule has 2 aromatic carbocycles. The van der Waals surface area contributed by atoms with Crippen LogP contribution in [0.2, 0.25) is 5.02 Å². The smallest absolute Gasteiger partial charge is 0.0488 e. The highest BCUT2D eigenvalue weighted by Gasteiger charge is 2.15. The maximum Gasteiger partial charge on any atom is 0.0488 e. The summed E-state index contributed by atoms with van der Waals surface area (Å²) in [5.74, 6) is 0. The molecule has 0 aliphatic rings. The van der Waals surface area contributed by atoms with Crippen molar-refractivity contribution in [1.82, 2.24) is 0 Å². The molecule has 0 N–H and O–H groups in total. The first-order valence-corrected chi connectivity index (χ1v) is 9.16. The molecule has 1 unspecified atom stereocenters. The van der Waals surface area contributed by atoms with Crippen LogP contribution in [-0.2, 0) is 6.42 Å². The van der Waals surface area contributed by atoms with Crippen LogP contribution in [0.1, 0.15) is 16.0 Å². The Morgan fingerprint density at radius 3 is 2.75 bits per heavy atom. The van der Waals surface area contributed by atoms with Gasteiger partial charge in [-0.15, -0.1) is 11.3 Å². The van der Waals surface area contributed by atoms with Crippen molar-refractivity contribution < 1.29 is 0 Å². The Bertz CT molecular complexity index is 751. The summed E-state index contributed by atoms with van der Waals surface area (Å²) in [5.41, 5.74) is 2.58. The van der Waals surface area contributed by atoms with Crippen molar-refractivity contribution >= 4 is 64.9 Å². The molecule has 0 saturated carbocycles. The number of thiophene rings is 1. The highest BCUT2D eigenvalue weighted by molar-refractivity contribution is 9.10. The normalized spacial score (nSPS) is 12.8. The summed E-state index contributed by atoms with van der Waals surface area (Å²) < 4.78 is 2.46. The van der Waals surface area contributed by atoms with Crippen LogP contribution in [0.3, 0.4) is 0 Å². The van der Waals surface area contributed by atoms with Crippen LogP contribution in [0.5, 0.6) is 0 Å². The van der Waals surface area contributed by atoms with Crippen LogP contribution in [0.4, 0.5) is 0 Å². The topological polar surface area (TPSA) is 0 Å². The van der Waals surface area contributed by atoms with Gasteiger partial charge in [-0.05, 0) is 62.4 Å². The molecule has 102 valence electrons. The molecule has 3 rings (SSSR count). The molecule has 1 aromatic heterocycles. The van der Waals surface area contributed by atoms with Gasteiger partial charge in [-0.2, -0.15) is 0 Å². The van der Waals surface area contributed by atoms with E-state index in [4.69, 9.17) is 11.6 Å². The van der Waals surface area contributed by atoms with E-state index in [1.807, 2.05) is 18.2 Å². The van der Waals surface area contributed by atoms with Crippen molar-refractivity contribution in [2.45, 2.75) is 11.2 Å². The van der Waals surface area contributed by atoms with Gasteiger partial charge in [0, 0.05) is 19.0 Å². The number of fused-ring (bicyclic) bond motifs is 1. The average molecular weight is 431 g/mol. The van der Waals surface area contributed by atoms with Crippen LogP contribution in [0.15, 0.2) is 52.3 Å². The average Bonchev–Trinajstić information content (AvgIpc) is 2.84. The molecule has 3 aromatic rings. The fraction of sp³-hybridized carbons (Fsp3) is 0.125. The first-order valence-electron chi connectivity index (χ1n) is 6.19. The van der Waals surface area contributed by atoms with Gasteiger partial charge in [0.2, 0.25) is 0 Å². The molecule has 0 nitrogen and oxygen atoms in total. The van der Waals surface area contributed by atoms with Gasteiger partial charge in [0.15, 0.2) is 0 Å². The van der Waals surface area contributed by atoms with Gasteiger partial charge >= 0.3 is 0 Å². The third-order valence-electron chi connectivity index (χ3n) is 3.22. The summed E-state index contributed by atoms with van der Waals surface area (Å²) in [6.07, 6.45) is 0.929. The molecule has 0 amide bonds. The maximum atomic E-state index is 6.05. The second kappa shape index (κ2) is 6.18. The SMILES string of the molecule is Clc1cccc(CC(Br)c2csc3c(Br)cccc23)c1. The van der Waals surface area contributed by atoms with Crippen LogP contribution in [0, 0.1) is 0 Å². The molecule has 0 spiro atoms. The predicted molar refractivity (Wildman–Crippen MR) is 96.3 cm³/mol. The third kappa shape index (κ3) is 2.96. The van der Waals surface area contributed by atoms with Crippen LogP contribution < -0.4 is 0 Å². The summed E-state index contributed by atoms with van der Waals surface area (Å²) in [6.45, 7) is 0. The van der Waals surface area contributed by atoms with Crippen molar-refractivity contribution in [3.63, 3.8) is 0 Å². The van der Waals surface area contributed by atoms with Crippen molar-refractivity contribution in [2.75, 3.05) is 0 Å². The molecule has 20 heavy (non-hydrogen) atoms. The molecular weight excluding hydrogens is 420 g/mol. The lowest BCUT2D eigenvalue weighted by Crippen LogP contribution is -1.94. The summed E-state index contributed by atoms with van der Waals surface area (Å²) >= 11 is 15.3. The van der Waals surface area contributed by atoms with Crippen LogP contribution in [-0.4, -0.2) is 0 Å². The Labute approximate surface area is 144 Å². The Hall–Kier alpha value is -0.350. The first kappa shape index (κ1) is 14.6. The Kier molecular flexibility index (Phi) is 4.51. The van der Waals surface area contributed by atoms with Crippen molar-refractivity contribution in [2.24, 2.45) is 0 Å². The van der Waals surface area contributed by atoms with Crippen LogP contribution >= 0.6 is 54.8 Å². The van der Waals surface area contributed by atoms with E-state index in [1.54, 1.807) is 11.3 Å². The monoisotopic (exact) mass is 428 g/mol. The fourth-order valence-corrected chi connectivity index (χ4v) is 5.08. The van der Waals surface area contributed by atoms with E-state index >= 15 is 0 Å². The van der Waals surface area contributed by atoms with Gasteiger partial charge in [0.25, 0.3) is 0 Å². The van der Waals surface area contributed by atoms with Crippen molar-refractivity contribution in [1.29, 1.82) is 0 Å². The minimum Gasteiger partial charge on any atom is -0.142 e. The van der Waals surface area contributed by atoms with Crippen molar-refractivity contribution in [3.05, 3.63) is 68.5 Å². The van der Waals surface area contributed by atoms with Gasteiger partial charge < -0.3 is 0 Å². The highest BCUT2D eigenvalue weighted by Crippen LogP contribution is 2.39. The maximum absolute atomic E-state index is 6.05. The summed E-state index contributed by atoms with van der Waals surface area (Å²) in [4.78, 5) is 0.295. The lowest BCUT2D eigenvalue weighted by Gasteiger charge is -2.10. The predicted octanol–water partition coefficient (Wildman–Crippen LogP) is 7.00. The Balaban J connectivity index is 1.93. The largest absolute Gasteiger partial charge is 0.142 e. The quantitative estimate of drug-likeness (QED) is 0.393. The van der Waals surface area contributed by atoms with Gasteiger partial charge in [-0.3, -0.25) is 0 Å². The highest BCUT2D eigenvalue weighted by atomic mass is 79.9. The second-order valence-corrected chi connectivity index (χ2v) is 7.88. The number of hydrogen-bond donors (Lipinski definition) is 0. The zero-order chi connectivity index (χ0) is 14.1. The minimum atomic E-state index is 0.295. The summed E-state index contributed by atoms with van der Waals surface area (Å²) in [7, 11) is 0. The van der Waals surface area contributed by atoms with Crippen molar-refractivity contribution in [3.8, 4) is 0 Å². The summed E-state index contributed by atoms with van der Waals surface area (Å²) in [5, 5.41) is 4.34. The van der Waals surface area contributed by atoms with E-state index in [2.05, 4.69) is 61.5 Å². The van der Waals surface area contributed by atoms with E-state index in [0.717, 1.165) is 15.9 Å².